The molecule has 0 radical (unpaired) electrons. The Morgan fingerprint density at radius 3 is 2.39 bits per heavy atom. The van der Waals surface area contributed by atoms with Gasteiger partial charge in [0.05, 0.1) is 34.1 Å². The Labute approximate surface area is 161 Å². The number of rotatable bonds is 8. The summed E-state index contributed by atoms with van der Waals surface area (Å²) < 4.78 is 15.2. The van der Waals surface area contributed by atoms with E-state index in [1.54, 1.807) is 24.3 Å². The van der Waals surface area contributed by atoms with Gasteiger partial charge in [-0.25, -0.2) is 5.43 Å². The fourth-order valence-corrected chi connectivity index (χ4v) is 2.23. The molecule has 0 heterocycles. The van der Waals surface area contributed by atoms with Crippen molar-refractivity contribution in [2.24, 2.45) is 5.10 Å². The summed E-state index contributed by atoms with van der Waals surface area (Å²) in [5.41, 5.74) is 3.24. The number of phenolic OH excluding ortho intramolecular Hbond substituents is 1. The van der Waals surface area contributed by atoms with E-state index in [4.69, 9.17) is 14.2 Å². The molecule has 2 aromatic rings. The van der Waals surface area contributed by atoms with Crippen LogP contribution in [0.3, 0.4) is 0 Å². The molecular weight excluding hydrogens is 366 g/mol. The van der Waals surface area contributed by atoms with Crippen LogP contribution in [0, 0.1) is 0 Å². The molecule has 9 heteroatoms. The number of carbonyl (C=O) groups is 2. The highest BCUT2D eigenvalue weighted by Crippen LogP contribution is 2.27. The lowest BCUT2D eigenvalue weighted by Gasteiger charge is -2.09. The molecule has 2 amide bonds. The van der Waals surface area contributed by atoms with E-state index >= 15 is 0 Å². The van der Waals surface area contributed by atoms with Gasteiger partial charge in [0.1, 0.15) is 0 Å². The van der Waals surface area contributed by atoms with Crippen LogP contribution in [0.1, 0.15) is 15.9 Å². The minimum Gasteiger partial charge on any atom is -0.504 e. The molecule has 0 aliphatic carbocycles. The van der Waals surface area contributed by atoms with Gasteiger partial charge in [-0.05, 0) is 42.0 Å². The average molecular weight is 387 g/mol. The number of nitrogens with one attached hydrogen (secondary N) is 2. The van der Waals surface area contributed by atoms with E-state index in [1.165, 1.54) is 39.7 Å². The highest BCUT2D eigenvalue weighted by atomic mass is 16.5. The number of benzene rings is 2. The first-order valence-electron chi connectivity index (χ1n) is 8.17. The minimum absolute atomic E-state index is 0.00144. The summed E-state index contributed by atoms with van der Waals surface area (Å²) in [6.45, 7) is -0.260. The summed E-state index contributed by atoms with van der Waals surface area (Å²) in [5.74, 6) is 0.253. The summed E-state index contributed by atoms with van der Waals surface area (Å²) in [6.07, 6.45) is 1.38. The molecule has 0 spiro atoms. The first-order chi connectivity index (χ1) is 13.5. The van der Waals surface area contributed by atoms with Crippen LogP contribution in [0.5, 0.6) is 23.0 Å². The van der Waals surface area contributed by atoms with Gasteiger partial charge in [0.2, 0.25) is 0 Å². The van der Waals surface area contributed by atoms with E-state index < -0.39 is 11.8 Å². The van der Waals surface area contributed by atoms with Gasteiger partial charge in [-0.15, -0.1) is 0 Å². The second kappa shape index (κ2) is 9.81. The summed E-state index contributed by atoms with van der Waals surface area (Å²) in [7, 11) is 4.39. The predicted octanol–water partition coefficient (Wildman–Crippen LogP) is 1.30. The number of hydrazone groups is 1. The lowest BCUT2D eigenvalue weighted by molar-refractivity contribution is -0.120. The van der Waals surface area contributed by atoms with E-state index in [0.717, 1.165) is 0 Å². The maximum atomic E-state index is 12.2. The molecule has 2 rings (SSSR count). The van der Waals surface area contributed by atoms with Crippen molar-refractivity contribution in [3.05, 3.63) is 47.5 Å². The summed E-state index contributed by atoms with van der Waals surface area (Å²) in [5, 5.41) is 15.8. The normalized spacial score (nSPS) is 10.4. The predicted molar refractivity (Wildman–Crippen MR) is 102 cm³/mol. The Morgan fingerprint density at radius 1 is 1.00 bits per heavy atom. The van der Waals surface area contributed by atoms with Gasteiger partial charge in [0.25, 0.3) is 11.8 Å². The van der Waals surface area contributed by atoms with Crippen molar-refractivity contribution in [3.8, 4) is 23.0 Å². The Hall–Kier alpha value is -3.75. The molecule has 0 saturated carbocycles. The maximum Gasteiger partial charge on any atom is 0.259 e. The summed E-state index contributed by atoms with van der Waals surface area (Å²) >= 11 is 0. The third-order valence-electron chi connectivity index (χ3n) is 3.66. The number of phenols is 1. The lowest BCUT2D eigenvalue weighted by Crippen LogP contribution is -2.34. The minimum atomic E-state index is -0.504. The number of hydrogen-bond acceptors (Lipinski definition) is 7. The fraction of sp³-hybridized carbons (Fsp3) is 0.211. The van der Waals surface area contributed by atoms with Gasteiger partial charge in [-0.1, -0.05) is 0 Å². The largest absolute Gasteiger partial charge is 0.504 e. The van der Waals surface area contributed by atoms with Crippen molar-refractivity contribution in [1.82, 2.24) is 10.7 Å². The molecule has 2 aromatic carbocycles. The van der Waals surface area contributed by atoms with Crippen LogP contribution in [-0.4, -0.2) is 51.0 Å². The Bertz CT molecular complexity index is 882. The van der Waals surface area contributed by atoms with Crippen LogP contribution in [-0.2, 0) is 4.79 Å². The zero-order valence-electron chi connectivity index (χ0n) is 15.7. The molecule has 0 unspecified atom stereocenters. The molecular formula is C19H21N3O6. The molecule has 0 saturated heterocycles. The van der Waals surface area contributed by atoms with E-state index in [2.05, 4.69) is 15.8 Å². The molecule has 148 valence electrons. The van der Waals surface area contributed by atoms with Crippen molar-refractivity contribution in [2.75, 3.05) is 27.9 Å². The number of carbonyl (C=O) groups excluding carboxylic acids is 2. The zero-order valence-corrected chi connectivity index (χ0v) is 15.7. The number of nitrogens with zero attached hydrogens (tertiary/aromatic N) is 1. The van der Waals surface area contributed by atoms with Gasteiger partial charge < -0.3 is 24.6 Å². The summed E-state index contributed by atoms with van der Waals surface area (Å²) in [4.78, 5) is 24.0. The molecule has 0 bridgehead atoms. The van der Waals surface area contributed by atoms with Crippen LogP contribution < -0.4 is 25.0 Å². The molecule has 28 heavy (non-hydrogen) atoms. The third kappa shape index (κ3) is 5.37. The number of hydrogen-bond donors (Lipinski definition) is 3. The Kier molecular flexibility index (Phi) is 7.21. The van der Waals surface area contributed by atoms with Crippen LogP contribution >= 0.6 is 0 Å². The van der Waals surface area contributed by atoms with E-state index in [1.807, 2.05) is 0 Å². The van der Waals surface area contributed by atoms with Gasteiger partial charge >= 0.3 is 0 Å². The van der Waals surface area contributed by atoms with Gasteiger partial charge in [0, 0.05) is 5.56 Å². The highest BCUT2D eigenvalue weighted by Gasteiger charge is 2.11. The van der Waals surface area contributed by atoms with Crippen LogP contribution in [0.2, 0.25) is 0 Å². The van der Waals surface area contributed by atoms with Crippen molar-refractivity contribution < 1.29 is 28.9 Å². The fourth-order valence-electron chi connectivity index (χ4n) is 2.23. The third-order valence-corrected chi connectivity index (χ3v) is 3.66. The number of amides is 2. The first-order valence-corrected chi connectivity index (χ1v) is 8.17. The smallest absolute Gasteiger partial charge is 0.259 e. The Balaban J connectivity index is 1.87. The quantitative estimate of drug-likeness (QED) is 0.464. The van der Waals surface area contributed by atoms with E-state index in [9.17, 15) is 14.7 Å². The number of aromatic hydroxyl groups is 1. The summed E-state index contributed by atoms with van der Waals surface area (Å²) in [6, 6.07) is 9.29. The molecule has 9 nitrogen and oxygen atoms in total. The van der Waals surface area contributed by atoms with Crippen molar-refractivity contribution in [1.29, 1.82) is 0 Å². The molecule has 3 N–H and O–H groups in total. The van der Waals surface area contributed by atoms with Crippen LogP contribution in [0.4, 0.5) is 0 Å². The monoisotopic (exact) mass is 387 g/mol. The topological polar surface area (TPSA) is 118 Å². The average Bonchev–Trinajstić information content (AvgIpc) is 2.72. The molecule has 0 aliphatic heterocycles. The first kappa shape index (κ1) is 20.6. The second-order valence-corrected chi connectivity index (χ2v) is 5.48. The highest BCUT2D eigenvalue weighted by molar-refractivity contribution is 5.97. The Morgan fingerprint density at radius 2 is 1.71 bits per heavy atom. The van der Waals surface area contributed by atoms with Gasteiger partial charge in [-0.2, -0.15) is 5.10 Å². The van der Waals surface area contributed by atoms with E-state index in [-0.39, 0.29) is 18.0 Å². The van der Waals surface area contributed by atoms with Gasteiger partial charge in [-0.3, -0.25) is 9.59 Å². The lowest BCUT2D eigenvalue weighted by atomic mass is 10.2. The SMILES string of the molecule is COc1cc(/C=N\NC(=O)CNC(=O)c2ccc(OC)c(OC)c2)ccc1O. The molecule has 0 fully saturated rings. The van der Waals surface area contributed by atoms with E-state index in [0.29, 0.717) is 22.6 Å². The van der Waals surface area contributed by atoms with Crippen molar-refractivity contribution in [2.45, 2.75) is 0 Å². The second-order valence-electron chi connectivity index (χ2n) is 5.48. The number of ether oxygens (including phenoxy) is 3. The van der Waals surface area contributed by atoms with Gasteiger partial charge in [0.15, 0.2) is 23.0 Å². The van der Waals surface area contributed by atoms with Crippen molar-refractivity contribution in [3.63, 3.8) is 0 Å². The van der Waals surface area contributed by atoms with Crippen molar-refractivity contribution >= 4 is 18.0 Å². The standard InChI is InChI=1S/C19H21N3O6/c1-26-15-7-5-13(9-17(15)28-3)19(25)20-11-18(24)22-21-10-12-4-6-14(23)16(8-12)27-2/h4-10,23H,11H2,1-3H3,(H,20,25)(H,22,24)/b21-10-. The molecule has 0 aromatic heterocycles. The van der Waals surface area contributed by atoms with Crippen LogP contribution in [0.15, 0.2) is 41.5 Å². The number of methoxy groups -OCH3 is 3. The maximum absolute atomic E-state index is 12.2. The molecule has 0 aliphatic rings. The zero-order chi connectivity index (χ0) is 20.5. The molecule has 0 atom stereocenters. The van der Waals surface area contributed by atoms with Crippen LogP contribution in [0.25, 0.3) is 0 Å².